The van der Waals surface area contributed by atoms with E-state index in [4.69, 9.17) is 12.2 Å². The fourth-order valence-corrected chi connectivity index (χ4v) is 2.47. The van der Waals surface area contributed by atoms with Crippen molar-refractivity contribution in [3.8, 4) is 5.95 Å². The van der Waals surface area contributed by atoms with Crippen molar-refractivity contribution in [3.63, 3.8) is 0 Å². The van der Waals surface area contributed by atoms with Gasteiger partial charge in [-0.15, -0.1) is 0 Å². The summed E-state index contributed by atoms with van der Waals surface area (Å²) >= 11 is 5.50. The van der Waals surface area contributed by atoms with Gasteiger partial charge >= 0.3 is 0 Å². The number of hydrogen-bond acceptors (Lipinski definition) is 4. The highest BCUT2D eigenvalue weighted by Gasteiger charge is 2.26. The Morgan fingerprint density at radius 2 is 2.14 bits per heavy atom. The lowest BCUT2D eigenvalue weighted by Gasteiger charge is -2.24. The van der Waals surface area contributed by atoms with Crippen LogP contribution in [-0.4, -0.2) is 21.3 Å². The van der Waals surface area contributed by atoms with Crippen molar-refractivity contribution in [2.24, 2.45) is 7.05 Å². The molecule has 7 heteroatoms. The third kappa shape index (κ3) is 3.54. The van der Waals surface area contributed by atoms with E-state index in [2.05, 4.69) is 15.1 Å². The van der Waals surface area contributed by atoms with Crippen LogP contribution in [0.25, 0.3) is 0 Å². The van der Waals surface area contributed by atoms with Crippen LogP contribution in [0.15, 0.2) is 34.9 Å². The number of nitrogens with zero attached hydrogens (tertiary/aromatic N) is 3. The number of thiocarbonyl (C=S) groups is 1. The zero-order valence-electron chi connectivity index (χ0n) is 12.4. The predicted molar refractivity (Wildman–Crippen MR) is 81.6 cm³/mol. The minimum atomic E-state index is -0.421. The molecule has 1 N–H and O–H groups in total. The van der Waals surface area contributed by atoms with Gasteiger partial charge in [-0.1, -0.05) is 35.0 Å². The highest BCUT2D eigenvalue weighted by Crippen LogP contribution is 2.20. The molecule has 1 aliphatic carbocycles. The molecule has 0 atom stereocenters. The van der Waals surface area contributed by atoms with Gasteiger partial charge in [0.15, 0.2) is 18.1 Å². The number of aryl methyl sites for hydroxylation is 1. The molecular weight excluding hydrogens is 300 g/mol. The molecule has 22 heavy (non-hydrogen) atoms. The number of hydrogen-bond donors (Lipinski definition) is 1. The molecule has 0 saturated heterocycles. The fourth-order valence-electron chi connectivity index (χ4n) is 2.18. The van der Waals surface area contributed by atoms with E-state index in [9.17, 15) is 5.11 Å². The molecule has 0 bridgehead atoms. The van der Waals surface area contributed by atoms with Gasteiger partial charge in [0.05, 0.1) is 5.27 Å². The van der Waals surface area contributed by atoms with E-state index in [1.807, 2.05) is 35.2 Å². The third-order valence-corrected chi connectivity index (χ3v) is 4.00. The van der Waals surface area contributed by atoms with Crippen molar-refractivity contribution < 1.29 is 14.3 Å². The summed E-state index contributed by atoms with van der Waals surface area (Å²) in [5, 5.41) is 19.4. The standard InChI is InChI=1S/C15H18N4O2S/c1-18-13(14(20)21-17-18)10-19(15(22)16-12-7-8-12)9-11-5-3-2-4-6-11/h2-6,12H,7-10H2,1H3,(H-,16,17,20,22). The smallest absolute Gasteiger partial charge is 0.252 e. The highest BCUT2D eigenvalue weighted by atomic mass is 32.1. The van der Waals surface area contributed by atoms with Crippen LogP contribution < -0.4 is 15.1 Å². The zero-order valence-corrected chi connectivity index (χ0v) is 13.2. The third-order valence-electron chi connectivity index (χ3n) is 3.62. The Morgan fingerprint density at radius 3 is 2.73 bits per heavy atom. The average molecular weight is 318 g/mol. The van der Waals surface area contributed by atoms with Gasteiger partial charge in [-0.25, -0.2) is 0 Å². The van der Waals surface area contributed by atoms with E-state index in [0.29, 0.717) is 29.9 Å². The molecule has 116 valence electrons. The molecular formula is C15H18N4O2S. The lowest BCUT2D eigenvalue weighted by Crippen LogP contribution is -2.44. The first-order valence-electron chi connectivity index (χ1n) is 7.24. The van der Waals surface area contributed by atoms with Gasteiger partial charge in [-0.3, -0.25) is 0 Å². The second-order valence-electron chi connectivity index (χ2n) is 5.50. The summed E-state index contributed by atoms with van der Waals surface area (Å²) in [5.41, 5.74) is 1.62. The van der Waals surface area contributed by atoms with Crippen LogP contribution in [0.1, 0.15) is 24.1 Å². The van der Waals surface area contributed by atoms with Crippen LogP contribution in [0.5, 0.6) is 5.95 Å². The molecule has 3 rings (SSSR count). The van der Waals surface area contributed by atoms with E-state index in [0.717, 1.165) is 18.4 Å². The summed E-state index contributed by atoms with van der Waals surface area (Å²) < 4.78 is 6.15. The summed E-state index contributed by atoms with van der Waals surface area (Å²) in [6, 6.07) is 10.5. The predicted octanol–water partition coefficient (Wildman–Crippen LogP) is 0.612. The molecule has 1 aliphatic rings. The van der Waals surface area contributed by atoms with Crippen LogP contribution in [0.3, 0.4) is 0 Å². The van der Waals surface area contributed by atoms with Crippen molar-refractivity contribution in [2.75, 3.05) is 0 Å². The maximum absolute atomic E-state index is 11.7. The lowest BCUT2D eigenvalue weighted by molar-refractivity contribution is -0.746. The largest absolute Gasteiger partial charge is 0.539 e. The Hall–Kier alpha value is -2.15. The average Bonchev–Trinajstić information content (AvgIpc) is 3.28. The van der Waals surface area contributed by atoms with E-state index in [-0.39, 0.29) is 0 Å². The van der Waals surface area contributed by atoms with Crippen LogP contribution >= 0.6 is 12.2 Å². The quantitative estimate of drug-likeness (QED) is 0.644. The van der Waals surface area contributed by atoms with Crippen LogP contribution in [0.2, 0.25) is 0 Å². The summed E-state index contributed by atoms with van der Waals surface area (Å²) in [7, 11) is 1.69. The molecule has 2 aromatic rings. The first kappa shape index (κ1) is 14.8. The lowest BCUT2D eigenvalue weighted by atomic mass is 10.2. The summed E-state index contributed by atoms with van der Waals surface area (Å²) in [6.45, 7) is 0.996. The van der Waals surface area contributed by atoms with Gasteiger partial charge in [0.2, 0.25) is 0 Å². The Balaban J connectivity index is 1.77. The Labute approximate surface area is 134 Å². The van der Waals surface area contributed by atoms with Gasteiger partial charge < -0.3 is 19.8 Å². The molecule has 1 fully saturated rings. The van der Waals surface area contributed by atoms with Gasteiger partial charge in [-0.05, 0) is 30.6 Å². The monoisotopic (exact) mass is 318 g/mol. The van der Waals surface area contributed by atoms with Gasteiger partial charge in [0.1, 0.15) is 6.54 Å². The van der Waals surface area contributed by atoms with E-state index >= 15 is 0 Å². The molecule has 0 unspecified atom stereocenters. The van der Waals surface area contributed by atoms with Crippen molar-refractivity contribution in [2.45, 2.75) is 32.0 Å². The molecule has 1 aromatic heterocycles. The molecule has 0 spiro atoms. The van der Waals surface area contributed by atoms with Gasteiger partial charge in [0, 0.05) is 12.6 Å². The van der Waals surface area contributed by atoms with Gasteiger partial charge in [-0.2, -0.15) is 0 Å². The molecule has 1 aromatic carbocycles. The van der Waals surface area contributed by atoms with Crippen LogP contribution in [-0.2, 0) is 20.1 Å². The second kappa shape index (κ2) is 6.31. The number of benzene rings is 1. The second-order valence-corrected chi connectivity index (χ2v) is 5.88. The highest BCUT2D eigenvalue weighted by molar-refractivity contribution is 7.80. The molecule has 6 nitrogen and oxygen atoms in total. The topological polar surface area (TPSA) is 68.2 Å². The SMILES string of the molecule is C[n+]1noc([O-])c1CN(Cc1ccccc1)C(=S)NC1CC1. The van der Waals surface area contributed by atoms with Crippen molar-refractivity contribution >= 4 is 17.3 Å². The van der Waals surface area contributed by atoms with Crippen molar-refractivity contribution in [1.82, 2.24) is 15.5 Å². The van der Waals surface area contributed by atoms with Crippen LogP contribution in [0.4, 0.5) is 0 Å². The Bertz CT molecular complexity index is 635. The minimum absolute atomic E-state index is 0.367. The molecule has 0 amide bonds. The molecule has 1 saturated carbocycles. The Kier molecular flexibility index (Phi) is 4.24. The van der Waals surface area contributed by atoms with E-state index < -0.39 is 5.95 Å². The van der Waals surface area contributed by atoms with E-state index in [1.54, 1.807) is 7.05 Å². The zero-order chi connectivity index (χ0) is 15.5. The van der Waals surface area contributed by atoms with Crippen molar-refractivity contribution in [3.05, 3.63) is 41.6 Å². The minimum Gasteiger partial charge on any atom is -0.539 e. The summed E-state index contributed by atoms with van der Waals surface area (Å²) in [4.78, 5) is 1.97. The van der Waals surface area contributed by atoms with E-state index in [1.165, 1.54) is 4.68 Å². The molecule has 0 aliphatic heterocycles. The van der Waals surface area contributed by atoms with Crippen LogP contribution in [0, 0.1) is 0 Å². The first-order valence-corrected chi connectivity index (χ1v) is 7.65. The molecule has 0 radical (unpaired) electrons. The van der Waals surface area contributed by atoms with Crippen molar-refractivity contribution in [1.29, 1.82) is 0 Å². The summed E-state index contributed by atoms with van der Waals surface area (Å²) in [5.74, 6) is -0.421. The Morgan fingerprint density at radius 1 is 1.41 bits per heavy atom. The summed E-state index contributed by atoms with van der Waals surface area (Å²) in [6.07, 6.45) is 2.29. The maximum Gasteiger partial charge on any atom is 0.252 e. The van der Waals surface area contributed by atoms with Gasteiger partial charge in [0.25, 0.3) is 5.69 Å². The number of rotatable bonds is 5. The normalized spacial score (nSPS) is 13.9. The molecule has 1 heterocycles. The fraction of sp³-hybridized carbons (Fsp3) is 0.400. The maximum atomic E-state index is 11.7. The number of aromatic nitrogens is 2. The first-order chi connectivity index (χ1) is 10.6. The number of nitrogens with one attached hydrogen (secondary N) is 1.